The van der Waals surface area contributed by atoms with E-state index in [4.69, 9.17) is 7.48 Å². The van der Waals surface area contributed by atoms with Crippen LogP contribution in [0.2, 0.25) is 0 Å². The van der Waals surface area contributed by atoms with Gasteiger partial charge in [0.1, 0.15) is 5.75 Å². The molecule has 0 aliphatic heterocycles. The van der Waals surface area contributed by atoms with E-state index in [1.54, 1.807) is 18.3 Å². The summed E-state index contributed by atoms with van der Waals surface area (Å²) >= 11 is 0. The van der Waals surface area contributed by atoms with Gasteiger partial charge in [-0.1, -0.05) is 32.9 Å². The van der Waals surface area contributed by atoms with E-state index in [2.05, 4.69) is 10.2 Å². The van der Waals surface area contributed by atoms with Gasteiger partial charge in [0.05, 0.1) is 15.5 Å². The Balaban J connectivity index is 2.37. The number of nitrogens with zero attached hydrogens (tertiary/aromatic N) is 2. The lowest BCUT2D eigenvalue weighted by Crippen LogP contribution is -2.11. The van der Waals surface area contributed by atoms with Crippen LogP contribution in [0.15, 0.2) is 30.5 Å². The number of ether oxygens (including phenoxy) is 1. The predicted molar refractivity (Wildman–Crippen MR) is 79.0 cm³/mol. The molecule has 1 N–H and O–H groups in total. The van der Waals surface area contributed by atoms with E-state index in [0.717, 1.165) is 11.1 Å². The largest absolute Gasteiger partial charge is 0.508 e. The van der Waals surface area contributed by atoms with Gasteiger partial charge in [-0.2, -0.15) is 5.10 Å². The van der Waals surface area contributed by atoms with Gasteiger partial charge in [-0.15, -0.1) is 5.10 Å². The fourth-order valence-electron chi connectivity index (χ4n) is 2.00. The number of aromatic hydroxyl groups is 1. The molecular weight excluding hydrogens is 252 g/mol. The molecule has 0 atom stereocenters. The molecule has 2 rings (SSSR count). The molecule has 0 amide bonds. The van der Waals surface area contributed by atoms with E-state index in [9.17, 15) is 5.11 Å². The van der Waals surface area contributed by atoms with Gasteiger partial charge in [-0.25, -0.2) is 0 Å². The van der Waals surface area contributed by atoms with Crippen LogP contribution in [0, 0.1) is 0 Å². The highest BCUT2D eigenvalue weighted by atomic mass is 16.5. The van der Waals surface area contributed by atoms with Crippen molar-refractivity contribution in [2.45, 2.75) is 33.1 Å². The van der Waals surface area contributed by atoms with Crippen LogP contribution < -0.4 is 4.74 Å². The maximum Gasteiger partial charge on any atom is 0.233 e. The molecule has 0 bridgehead atoms. The van der Waals surface area contributed by atoms with Crippen LogP contribution in [0.4, 0.5) is 0 Å². The van der Waals surface area contributed by atoms with Gasteiger partial charge in [-0.3, -0.25) is 0 Å². The number of rotatable bonds is 3. The quantitative estimate of drug-likeness (QED) is 0.930. The highest BCUT2D eigenvalue weighted by Crippen LogP contribution is 2.34. The standard InChI is InChI=1S/C16H20N2O2/c1-5-20-15-9-12(10-17-18-15)11-6-7-13(14(19)8-11)16(2,3)4/h6-10,19H,5H2,1-4H3/i5D2. The maximum atomic E-state index is 10.2. The Bertz CT molecular complexity index is 677. The molecule has 106 valence electrons. The molecular formula is C16H20N2O2. The van der Waals surface area contributed by atoms with Crippen molar-refractivity contribution in [3.63, 3.8) is 0 Å². The second-order valence-electron chi connectivity index (χ2n) is 5.57. The Hall–Kier alpha value is -2.10. The van der Waals surface area contributed by atoms with Gasteiger partial charge in [0.2, 0.25) is 5.88 Å². The minimum absolute atomic E-state index is 0.101. The number of phenolic OH excluding ortho intramolecular Hbond substituents is 1. The van der Waals surface area contributed by atoms with Crippen LogP contribution in [-0.2, 0) is 5.41 Å². The van der Waals surface area contributed by atoms with E-state index < -0.39 is 6.56 Å². The minimum atomic E-state index is -1.83. The van der Waals surface area contributed by atoms with Crippen molar-refractivity contribution < 1.29 is 12.6 Å². The highest BCUT2D eigenvalue weighted by molar-refractivity contribution is 5.66. The summed E-state index contributed by atoms with van der Waals surface area (Å²) in [5, 5.41) is 17.8. The third-order valence-electron chi connectivity index (χ3n) is 2.98. The molecule has 1 aromatic heterocycles. The van der Waals surface area contributed by atoms with Crippen LogP contribution in [-0.4, -0.2) is 21.9 Å². The molecule has 0 aliphatic rings. The van der Waals surface area contributed by atoms with Gasteiger partial charge in [0.25, 0.3) is 0 Å². The Morgan fingerprint density at radius 2 is 2.00 bits per heavy atom. The lowest BCUT2D eigenvalue weighted by Gasteiger charge is -2.20. The third kappa shape index (κ3) is 3.07. The number of aromatic nitrogens is 2. The summed E-state index contributed by atoms with van der Waals surface area (Å²) in [7, 11) is 0. The van der Waals surface area contributed by atoms with Crippen molar-refractivity contribution in [2.24, 2.45) is 0 Å². The smallest absolute Gasteiger partial charge is 0.233 e. The van der Waals surface area contributed by atoms with Crippen molar-refractivity contribution in [3.8, 4) is 22.8 Å². The Labute approximate surface area is 122 Å². The number of phenols is 1. The van der Waals surface area contributed by atoms with Crippen LogP contribution in [0.3, 0.4) is 0 Å². The van der Waals surface area contributed by atoms with E-state index in [1.165, 1.54) is 6.92 Å². The predicted octanol–water partition coefficient (Wildman–Crippen LogP) is 3.55. The highest BCUT2D eigenvalue weighted by Gasteiger charge is 2.18. The Morgan fingerprint density at radius 3 is 2.60 bits per heavy atom. The van der Waals surface area contributed by atoms with Crippen molar-refractivity contribution >= 4 is 0 Å². The molecule has 0 spiro atoms. The van der Waals surface area contributed by atoms with E-state index in [-0.39, 0.29) is 17.0 Å². The van der Waals surface area contributed by atoms with Gasteiger partial charge in [0, 0.05) is 11.6 Å². The topological polar surface area (TPSA) is 55.2 Å². The molecule has 1 heterocycles. The zero-order chi connectivity index (χ0) is 16.5. The zero-order valence-corrected chi connectivity index (χ0v) is 12.1. The Kier molecular flexibility index (Phi) is 3.21. The monoisotopic (exact) mass is 274 g/mol. The van der Waals surface area contributed by atoms with Crippen LogP contribution in [0.25, 0.3) is 11.1 Å². The summed E-state index contributed by atoms with van der Waals surface area (Å²) in [5.74, 6) is 0.319. The van der Waals surface area contributed by atoms with Crippen molar-refractivity contribution in [3.05, 3.63) is 36.0 Å². The molecule has 1 aromatic carbocycles. The van der Waals surface area contributed by atoms with Crippen LogP contribution in [0.1, 0.15) is 36.0 Å². The number of hydrogen-bond acceptors (Lipinski definition) is 4. The van der Waals surface area contributed by atoms with E-state index >= 15 is 0 Å². The van der Waals surface area contributed by atoms with Gasteiger partial charge in [-0.05, 0) is 29.5 Å². The summed E-state index contributed by atoms with van der Waals surface area (Å²) in [5.41, 5.74) is 2.18. The molecule has 0 radical (unpaired) electrons. The minimum Gasteiger partial charge on any atom is -0.508 e. The lowest BCUT2D eigenvalue weighted by atomic mass is 9.85. The summed E-state index contributed by atoms with van der Waals surface area (Å²) in [4.78, 5) is 0. The molecule has 0 unspecified atom stereocenters. The normalized spacial score (nSPS) is 13.6. The lowest BCUT2D eigenvalue weighted by molar-refractivity contribution is 0.323. The summed E-state index contributed by atoms with van der Waals surface area (Å²) in [6.07, 6.45) is 1.55. The van der Waals surface area contributed by atoms with Gasteiger partial charge >= 0.3 is 0 Å². The second kappa shape index (κ2) is 5.49. The fraction of sp³-hybridized carbons (Fsp3) is 0.375. The maximum absolute atomic E-state index is 10.2. The first-order chi connectivity index (χ1) is 10.1. The zero-order valence-electron chi connectivity index (χ0n) is 14.1. The SMILES string of the molecule is [2H]C([2H])(C)Oc1cc(-c2ccc(C(C)(C)C)c(O)c2)cnn1. The van der Waals surface area contributed by atoms with Crippen LogP contribution in [0.5, 0.6) is 11.6 Å². The average Bonchev–Trinajstić information content (AvgIpc) is 2.35. The fourth-order valence-corrected chi connectivity index (χ4v) is 2.00. The second-order valence-corrected chi connectivity index (χ2v) is 5.57. The average molecular weight is 274 g/mol. The first-order valence-electron chi connectivity index (χ1n) is 7.42. The number of benzene rings is 1. The molecule has 0 saturated carbocycles. The van der Waals surface area contributed by atoms with E-state index in [1.807, 2.05) is 32.9 Å². The third-order valence-corrected chi connectivity index (χ3v) is 2.98. The van der Waals surface area contributed by atoms with E-state index in [0.29, 0.717) is 5.56 Å². The molecule has 0 aliphatic carbocycles. The van der Waals surface area contributed by atoms with Crippen LogP contribution >= 0.6 is 0 Å². The number of hydrogen-bond donors (Lipinski definition) is 1. The summed E-state index contributed by atoms with van der Waals surface area (Å²) in [6.45, 7) is 5.57. The van der Waals surface area contributed by atoms with Crippen molar-refractivity contribution in [1.82, 2.24) is 10.2 Å². The van der Waals surface area contributed by atoms with Crippen molar-refractivity contribution in [1.29, 1.82) is 0 Å². The molecule has 0 saturated heterocycles. The molecule has 20 heavy (non-hydrogen) atoms. The van der Waals surface area contributed by atoms with Crippen molar-refractivity contribution in [2.75, 3.05) is 6.56 Å². The molecule has 2 aromatic rings. The molecule has 4 heteroatoms. The molecule has 0 fully saturated rings. The first-order valence-corrected chi connectivity index (χ1v) is 6.42. The van der Waals surface area contributed by atoms with Gasteiger partial charge < -0.3 is 9.84 Å². The summed E-state index contributed by atoms with van der Waals surface area (Å²) < 4.78 is 19.9. The summed E-state index contributed by atoms with van der Waals surface area (Å²) in [6, 6.07) is 7.04. The Morgan fingerprint density at radius 1 is 1.25 bits per heavy atom. The molecule has 4 nitrogen and oxygen atoms in total. The first kappa shape index (κ1) is 11.7. The van der Waals surface area contributed by atoms with Gasteiger partial charge in [0.15, 0.2) is 0 Å².